The second-order valence-corrected chi connectivity index (χ2v) is 6.29. The topological polar surface area (TPSA) is 71.8 Å². The molecule has 3 aromatic heterocycles. The van der Waals surface area contributed by atoms with Crippen molar-refractivity contribution in [2.45, 2.75) is 19.6 Å². The number of nitrogens with zero attached hydrogens (tertiary/aromatic N) is 3. The van der Waals surface area contributed by atoms with E-state index in [0.717, 1.165) is 46.2 Å². The summed E-state index contributed by atoms with van der Waals surface area (Å²) in [6, 6.07) is 5.83. The lowest BCUT2D eigenvalue weighted by Crippen LogP contribution is -2.32. The summed E-state index contributed by atoms with van der Waals surface area (Å²) in [7, 11) is 0. The first-order valence-electron chi connectivity index (χ1n) is 7.18. The molecule has 112 valence electrons. The summed E-state index contributed by atoms with van der Waals surface area (Å²) < 4.78 is 3.17. The molecular weight excluding hydrogens is 298 g/mol. The minimum Gasteiger partial charge on any atom is -0.344 e. The molecule has 0 saturated carbocycles. The highest BCUT2D eigenvalue weighted by atomic mass is 32.1. The second kappa shape index (κ2) is 5.51. The highest BCUT2D eigenvalue weighted by Crippen LogP contribution is 2.20. The van der Waals surface area contributed by atoms with Crippen LogP contribution in [0.4, 0.5) is 0 Å². The Bertz CT molecular complexity index is 804. The monoisotopic (exact) mass is 313 g/mol. The highest BCUT2D eigenvalue weighted by Gasteiger charge is 2.17. The van der Waals surface area contributed by atoms with E-state index in [-0.39, 0.29) is 5.91 Å². The minimum atomic E-state index is -0.0504. The normalized spacial score (nSPS) is 14.0. The maximum absolute atomic E-state index is 12.4. The first-order chi connectivity index (χ1) is 10.8. The summed E-state index contributed by atoms with van der Waals surface area (Å²) in [4.78, 5) is 20.9. The van der Waals surface area contributed by atoms with Gasteiger partial charge in [-0.1, -0.05) is 0 Å². The van der Waals surface area contributed by atoms with Crippen molar-refractivity contribution in [2.24, 2.45) is 0 Å². The maximum atomic E-state index is 12.4. The van der Waals surface area contributed by atoms with Crippen LogP contribution in [0, 0.1) is 0 Å². The molecule has 0 radical (unpaired) electrons. The Kier molecular flexibility index (Phi) is 3.36. The van der Waals surface area contributed by atoms with E-state index in [1.165, 1.54) is 0 Å². The third kappa shape index (κ3) is 2.38. The second-order valence-electron chi connectivity index (χ2n) is 5.17. The zero-order valence-corrected chi connectivity index (χ0v) is 12.7. The van der Waals surface area contributed by atoms with Crippen molar-refractivity contribution in [3.05, 3.63) is 47.0 Å². The number of amides is 1. The van der Waals surface area contributed by atoms with E-state index >= 15 is 0 Å². The molecule has 1 amide bonds. The van der Waals surface area contributed by atoms with Gasteiger partial charge in [0, 0.05) is 31.5 Å². The number of hydrogen-bond donors (Lipinski definition) is 2. The predicted octanol–water partition coefficient (Wildman–Crippen LogP) is 1.53. The fourth-order valence-corrected chi connectivity index (χ4v) is 3.56. The third-order valence-electron chi connectivity index (χ3n) is 3.76. The number of aromatic nitrogens is 3. The van der Waals surface area contributed by atoms with Crippen LogP contribution < -0.4 is 10.6 Å². The van der Waals surface area contributed by atoms with Gasteiger partial charge in [0.15, 0.2) is 0 Å². The quantitative estimate of drug-likeness (QED) is 0.769. The third-order valence-corrected chi connectivity index (χ3v) is 4.79. The molecule has 6 nitrogen and oxygen atoms in total. The Hall–Kier alpha value is -2.25. The van der Waals surface area contributed by atoms with Crippen LogP contribution in [-0.2, 0) is 19.6 Å². The van der Waals surface area contributed by atoms with Crippen molar-refractivity contribution in [1.29, 1.82) is 0 Å². The van der Waals surface area contributed by atoms with Crippen LogP contribution in [-0.4, -0.2) is 27.0 Å². The number of thiazole rings is 1. The zero-order valence-electron chi connectivity index (χ0n) is 11.9. The van der Waals surface area contributed by atoms with Crippen molar-refractivity contribution in [3.63, 3.8) is 0 Å². The van der Waals surface area contributed by atoms with Gasteiger partial charge < -0.3 is 15.2 Å². The van der Waals surface area contributed by atoms with Crippen LogP contribution in [0.25, 0.3) is 10.2 Å². The molecule has 1 aliphatic heterocycles. The molecule has 0 saturated heterocycles. The standard InChI is InChI=1S/C15H15N5OS/c21-15(12-2-1-10-7-17-5-6-20(10)12)18-9-14-19-11-8-16-4-3-13(11)22-14/h1-4,8,17H,5-7,9H2,(H,18,21). The molecule has 0 atom stereocenters. The fraction of sp³-hybridized carbons (Fsp3) is 0.267. The van der Waals surface area contributed by atoms with E-state index in [1.54, 1.807) is 23.7 Å². The SMILES string of the molecule is O=C(NCc1nc2cnccc2s1)c1ccc2n1CCNC2. The van der Waals surface area contributed by atoms with E-state index in [1.807, 2.05) is 18.2 Å². The van der Waals surface area contributed by atoms with E-state index in [4.69, 9.17) is 0 Å². The van der Waals surface area contributed by atoms with Crippen molar-refractivity contribution in [2.75, 3.05) is 6.54 Å². The molecule has 0 bridgehead atoms. The van der Waals surface area contributed by atoms with Crippen molar-refractivity contribution < 1.29 is 4.79 Å². The van der Waals surface area contributed by atoms with Gasteiger partial charge in [-0.3, -0.25) is 9.78 Å². The van der Waals surface area contributed by atoms with Gasteiger partial charge in [0.05, 0.1) is 23.0 Å². The van der Waals surface area contributed by atoms with Gasteiger partial charge in [-0.2, -0.15) is 0 Å². The van der Waals surface area contributed by atoms with Crippen molar-refractivity contribution in [1.82, 2.24) is 25.2 Å². The van der Waals surface area contributed by atoms with Gasteiger partial charge >= 0.3 is 0 Å². The highest BCUT2D eigenvalue weighted by molar-refractivity contribution is 7.18. The lowest BCUT2D eigenvalue weighted by molar-refractivity contribution is 0.0940. The summed E-state index contributed by atoms with van der Waals surface area (Å²) in [5, 5.41) is 7.15. The van der Waals surface area contributed by atoms with E-state index in [0.29, 0.717) is 6.54 Å². The molecule has 0 unspecified atom stereocenters. The molecule has 0 aromatic carbocycles. The summed E-state index contributed by atoms with van der Waals surface area (Å²) in [6.07, 6.45) is 3.50. The van der Waals surface area contributed by atoms with Gasteiger partial charge in [0.25, 0.3) is 5.91 Å². The Morgan fingerprint density at radius 2 is 2.36 bits per heavy atom. The van der Waals surface area contributed by atoms with E-state index < -0.39 is 0 Å². The number of carbonyl (C=O) groups is 1. The number of rotatable bonds is 3. The van der Waals surface area contributed by atoms with Gasteiger partial charge in [0.1, 0.15) is 10.7 Å². The molecule has 7 heteroatoms. The summed E-state index contributed by atoms with van der Waals surface area (Å²) in [5.74, 6) is -0.0504. The lowest BCUT2D eigenvalue weighted by atomic mass is 10.3. The largest absolute Gasteiger partial charge is 0.344 e. The average Bonchev–Trinajstić information content (AvgIpc) is 3.16. The number of carbonyl (C=O) groups excluding carboxylic acids is 1. The Labute approximate surface area is 131 Å². The summed E-state index contributed by atoms with van der Waals surface area (Å²) >= 11 is 1.58. The van der Waals surface area contributed by atoms with Gasteiger partial charge in [-0.25, -0.2) is 4.98 Å². The fourth-order valence-electron chi connectivity index (χ4n) is 2.68. The molecule has 22 heavy (non-hydrogen) atoms. The summed E-state index contributed by atoms with van der Waals surface area (Å²) in [5.41, 5.74) is 2.75. The summed E-state index contributed by atoms with van der Waals surface area (Å²) in [6.45, 7) is 2.99. The molecule has 0 fully saturated rings. The van der Waals surface area contributed by atoms with Crippen molar-refractivity contribution in [3.8, 4) is 0 Å². The molecule has 0 spiro atoms. The van der Waals surface area contributed by atoms with Crippen LogP contribution >= 0.6 is 11.3 Å². The van der Waals surface area contributed by atoms with Crippen LogP contribution in [0.5, 0.6) is 0 Å². The van der Waals surface area contributed by atoms with Gasteiger partial charge in [0.2, 0.25) is 0 Å². The number of pyridine rings is 1. The zero-order chi connectivity index (χ0) is 14.9. The first-order valence-corrected chi connectivity index (χ1v) is 8.00. The molecule has 2 N–H and O–H groups in total. The first kappa shape index (κ1) is 13.4. The average molecular weight is 313 g/mol. The Balaban J connectivity index is 1.49. The molecular formula is C15H15N5OS. The van der Waals surface area contributed by atoms with Crippen LogP contribution in [0.15, 0.2) is 30.6 Å². The van der Waals surface area contributed by atoms with E-state index in [2.05, 4.69) is 25.2 Å². The number of fused-ring (bicyclic) bond motifs is 2. The number of nitrogens with one attached hydrogen (secondary N) is 2. The molecule has 4 rings (SSSR count). The van der Waals surface area contributed by atoms with Crippen LogP contribution in [0.2, 0.25) is 0 Å². The minimum absolute atomic E-state index is 0.0504. The van der Waals surface area contributed by atoms with Gasteiger partial charge in [-0.05, 0) is 18.2 Å². The van der Waals surface area contributed by atoms with Crippen molar-refractivity contribution >= 4 is 27.5 Å². The van der Waals surface area contributed by atoms with Crippen LogP contribution in [0.3, 0.4) is 0 Å². The van der Waals surface area contributed by atoms with E-state index in [9.17, 15) is 4.79 Å². The molecule has 4 heterocycles. The van der Waals surface area contributed by atoms with Gasteiger partial charge in [-0.15, -0.1) is 11.3 Å². The predicted molar refractivity (Wildman–Crippen MR) is 84.7 cm³/mol. The molecule has 1 aliphatic rings. The smallest absolute Gasteiger partial charge is 0.268 e. The molecule has 0 aliphatic carbocycles. The van der Waals surface area contributed by atoms with Crippen LogP contribution in [0.1, 0.15) is 21.2 Å². The lowest BCUT2D eigenvalue weighted by Gasteiger charge is -2.18. The Morgan fingerprint density at radius 3 is 3.27 bits per heavy atom. The Morgan fingerprint density at radius 1 is 1.41 bits per heavy atom. The molecule has 3 aromatic rings. The number of hydrogen-bond acceptors (Lipinski definition) is 5. The maximum Gasteiger partial charge on any atom is 0.268 e.